The van der Waals surface area contributed by atoms with Crippen molar-refractivity contribution in [3.8, 4) is 0 Å². The summed E-state index contributed by atoms with van der Waals surface area (Å²) in [5, 5.41) is 15.0. The normalized spacial score (nSPS) is 17.9. The monoisotopic (exact) mass is 337 g/mol. The number of rotatable bonds is 3. The average molecular weight is 337 g/mol. The van der Waals surface area contributed by atoms with Gasteiger partial charge < -0.3 is 15.5 Å². The molecule has 4 rings (SSSR count). The molecule has 1 aliphatic heterocycles. The van der Waals surface area contributed by atoms with Crippen LogP contribution in [0.3, 0.4) is 0 Å². The van der Waals surface area contributed by atoms with Gasteiger partial charge in [-0.1, -0.05) is 0 Å². The molecule has 1 unspecified atom stereocenters. The zero-order valence-corrected chi connectivity index (χ0v) is 14.8. The number of nitrogens with one attached hydrogen (secondary N) is 3. The number of fused-ring (bicyclic) bond motifs is 1. The van der Waals surface area contributed by atoms with Crippen molar-refractivity contribution in [3.63, 3.8) is 0 Å². The van der Waals surface area contributed by atoms with Crippen LogP contribution in [-0.2, 0) is 0 Å². The number of piperazine rings is 1. The van der Waals surface area contributed by atoms with E-state index in [1.807, 2.05) is 25.3 Å². The highest BCUT2D eigenvalue weighted by atomic mass is 15.3. The van der Waals surface area contributed by atoms with Crippen molar-refractivity contribution < 1.29 is 0 Å². The van der Waals surface area contributed by atoms with E-state index in [0.717, 1.165) is 59.2 Å². The van der Waals surface area contributed by atoms with Crippen molar-refractivity contribution in [1.82, 2.24) is 25.5 Å². The first-order valence-corrected chi connectivity index (χ1v) is 8.64. The second-order valence-corrected chi connectivity index (χ2v) is 6.68. The van der Waals surface area contributed by atoms with Gasteiger partial charge in [0.05, 0.1) is 11.7 Å². The molecule has 1 saturated heterocycles. The molecule has 7 nitrogen and oxygen atoms in total. The van der Waals surface area contributed by atoms with Crippen LogP contribution < -0.4 is 15.5 Å². The van der Waals surface area contributed by atoms with Gasteiger partial charge >= 0.3 is 0 Å². The van der Waals surface area contributed by atoms with Gasteiger partial charge in [0.1, 0.15) is 5.82 Å². The van der Waals surface area contributed by atoms with E-state index in [1.54, 1.807) is 0 Å². The van der Waals surface area contributed by atoms with E-state index < -0.39 is 0 Å². The number of aryl methyl sites for hydroxylation is 1. The summed E-state index contributed by atoms with van der Waals surface area (Å²) in [5.74, 6) is 1.65. The van der Waals surface area contributed by atoms with Crippen LogP contribution in [0.5, 0.6) is 0 Å². The molecular formula is C18H23N7. The van der Waals surface area contributed by atoms with Crippen molar-refractivity contribution in [2.45, 2.75) is 26.8 Å². The lowest BCUT2D eigenvalue weighted by molar-refractivity contribution is 0.479. The predicted molar refractivity (Wildman–Crippen MR) is 101 cm³/mol. The zero-order valence-electron chi connectivity index (χ0n) is 14.8. The van der Waals surface area contributed by atoms with Crippen LogP contribution in [0.4, 0.5) is 17.5 Å². The summed E-state index contributed by atoms with van der Waals surface area (Å²) in [7, 11) is 0. The summed E-state index contributed by atoms with van der Waals surface area (Å²) in [6.45, 7) is 9.08. The molecule has 0 saturated carbocycles. The Morgan fingerprint density at radius 1 is 1.24 bits per heavy atom. The summed E-state index contributed by atoms with van der Waals surface area (Å²) < 4.78 is 0. The van der Waals surface area contributed by atoms with Crippen LogP contribution in [0.1, 0.15) is 18.2 Å². The zero-order chi connectivity index (χ0) is 17.4. The van der Waals surface area contributed by atoms with Crippen LogP contribution >= 0.6 is 0 Å². The molecule has 3 N–H and O–H groups in total. The van der Waals surface area contributed by atoms with E-state index in [-0.39, 0.29) is 0 Å². The Morgan fingerprint density at radius 3 is 2.96 bits per heavy atom. The van der Waals surface area contributed by atoms with Gasteiger partial charge in [-0.15, -0.1) is 0 Å². The van der Waals surface area contributed by atoms with Crippen LogP contribution in [0.25, 0.3) is 10.9 Å². The SMILES string of the molecule is Cc1nc(N2CCNC(C)C2)nc(Nc2ccc3[nH]ncc3c2)c1C. The number of hydrogen-bond acceptors (Lipinski definition) is 6. The Balaban J connectivity index is 1.65. The lowest BCUT2D eigenvalue weighted by atomic mass is 10.2. The van der Waals surface area contributed by atoms with Gasteiger partial charge in [-0.25, -0.2) is 4.98 Å². The first kappa shape index (κ1) is 15.8. The molecule has 0 bridgehead atoms. The number of hydrogen-bond donors (Lipinski definition) is 3. The molecule has 3 heterocycles. The van der Waals surface area contributed by atoms with Crippen molar-refractivity contribution >= 4 is 28.4 Å². The molecule has 3 aromatic rings. The quantitative estimate of drug-likeness (QED) is 0.681. The molecule has 0 radical (unpaired) electrons. The molecule has 130 valence electrons. The lowest BCUT2D eigenvalue weighted by Gasteiger charge is -2.32. The van der Waals surface area contributed by atoms with E-state index >= 15 is 0 Å². The minimum absolute atomic E-state index is 0.443. The number of anilines is 3. The van der Waals surface area contributed by atoms with Crippen LogP contribution in [0, 0.1) is 13.8 Å². The molecule has 1 aromatic carbocycles. The van der Waals surface area contributed by atoms with E-state index in [1.165, 1.54) is 0 Å². The maximum Gasteiger partial charge on any atom is 0.227 e. The van der Waals surface area contributed by atoms with E-state index in [9.17, 15) is 0 Å². The maximum absolute atomic E-state index is 4.81. The summed E-state index contributed by atoms with van der Waals surface area (Å²) in [6.07, 6.45) is 1.83. The van der Waals surface area contributed by atoms with E-state index in [4.69, 9.17) is 9.97 Å². The molecule has 0 spiro atoms. The molecule has 1 aliphatic rings. The first-order chi connectivity index (χ1) is 12.1. The number of nitrogens with zero attached hydrogens (tertiary/aromatic N) is 4. The van der Waals surface area contributed by atoms with Crippen molar-refractivity contribution in [2.24, 2.45) is 0 Å². The molecule has 0 amide bonds. The van der Waals surface area contributed by atoms with Crippen LogP contribution in [0.15, 0.2) is 24.4 Å². The van der Waals surface area contributed by atoms with Crippen molar-refractivity contribution in [3.05, 3.63) is 35.7 Å². The predicted octanol–water partition coefficient (Wildman–Crippen LogP) is 2.51. The van der Waals surface area contributed by atoms with Crippen molar-refractivity contribution in [1.29, 1.82) is 0 Å². The molecule has 1 atom stereocenters. The summed E-state index contributed by atoms with van der Waals surface area (Å²) in [4.78, 5) is 11.8. The average Bonchev–Trinajstić information content (AvgIpc) is 3.06. The topological polar surface area (TPSA) is 81.8 Å². The molecule has 7 heteroatoms. The van der Waals surface area contributed by atoms with E-state index in [0.29, 0.717) is 6.04 Å². The van der Waals surface area contributed by atoms with Gasteiger partial charge in [0.2, 0.25) is 5.95 Å². The highest BCUT2D eigenvalue weighted by Gasteiger charge is 2.20. The molecule has 0 aliphatic carbocycles. The van der Waals surface area contributed by atoms with Gasteiger partial charge in [0, 0.05) is 48.0 Å². The highest BCUT2D eigenvalue weighted by molar-refractivity contribution is 5.82. The standard InChI is InChI=1S/C18H23N7/c1-11-10-25(7-6-19-11)18-21-13(3)12(2)17(23-18)22-15-4-5-16-14(8-15)9-20-24-16/h4-5,8-9,11,19H,6-7,10H2,1-3H3,(H,20,24)(H,21,22,23). The number of aromatic amines is 1. The Morgan fingerprint density at radius 2 is 2.12 bits per heavy atom. The summed E-state index contributed by atoms with van der Waals surface area (Å²) >= 11 is 0. The van der Waals surface area contributed by atoms with Crippen LogP contribution in [-0.4, -0.2) is 45.8 Å². The molecule has 2 aromatic heterocycles. The largest absolute Gasteiger partial charge is 0.340 e. The fourth-order valence-electron chi connectivity index (χ4n) is 3.15. The smallest absolute Gasteiger partial charge is 0.227 e. The first-order valence-electron chi connectivity index (χ1n) is 8.64. The Labute approximate surface area is 146 Å². The lowest BCUT2D eigenvalue weighted by Crippen LogP contribution is -2.49. The third kappa shape index (κ3) is 3.15. The number of H-pyrrole nitrogens is 1. The minimum atomic E-state index is 0.443. The third-order valence-corrected chi connectivity index (χ3v) is 4.73. The Kier molecular flexibility index (Phi) is 4.01. The molecule has 25 heavy (non-hydrogen) atoms. The number of aromatic nitrogens is 4. The van der Waals surface area contributed by atoms with E-state index in [2.05, 4.69) is 45.6 Å². The van der Waals surface area contributed by atoms with Crippen LogP contribution in [0.2, 0.25) is 0 Å². The van der Waals surface area contributed by atoms with Gasteiger partial charge in [0.25, 0.3) is 0 Å². The summed E-state index contributed by atoms with van der Waals surface area (Å²) in [5.41, 5.74) is 4.09. The van der Waals surface area contributed by atoms with Gasteiger partial charge in [-0.2, -0.15) is 10.1 Å². The second kappa shape index (κ2) is 6.33. The Bertz CT molecular complexity index is 902. The molecule has 1 fully saturated rings. The number of benzene rings is 1. The minimum Gasteiger partial charge on any atom is -0.340 e. The second-order valence-electron chi connectivity index (χ2n) is 6.68. The maximum atomic E-state index is 4.81. The van der Waals surface area contributed by atoms with Crippen molar-refractivity contribution in [2.75, 3.05) is 29.9 Å². The third-order valence-electron chi connectivity index (χ3n) is 4.73. The van der Waals surface area contributed by atoms with Gasteiger partial charge in [-0.3, -0.25) is 5.10 Å². The van der Waals surface area contributed by atoms with Gasteiger partial charge in [0.15, 0.2) is 0 Å². The molecular weight excluding hydrogens is 314 g/mol. The van der Waals surface area contributed by atoms with Gasteiger partial charge in [-0.05, 0) is 39.0 Å². The fraction of sp³-hybridized carbons (Fsp3) is 0.389. The fourth-order valence-corrected chi connectivity index (χ4v) is 3.15. The highest BCUT2D eigenvalue weighted by Crippen LogP contribution is 2.25. The Hall–Kier alpha value is -2.67. The summed E-state index contributed by atoms with van der Waals surface area (Å²) in [6, 6.07) is 6.57.